The maximum absolute atomic E-state index is 13.4. The SMILES string of the molecule is Cc1nc(Cl)sc1S(=O)(=O)N1CCc2ccc(F)cc21. The smallest absolute Gasteiger partial charge is 0.265 e. The molecule has 0 saturated heterocycles. The molecule has 1 aliphatic heterocycles. The first kappa shape index (κ1) is 13.8. The fraction of sp³-hybridized carbons (Fsp3) is 0.250. The lowest BCUT2D eigenvalue weighted by molar-refractivity contribution is 0.593. The molecule has 8 heteroatoms. The summed E-state index contributed by atoms with van der Waals surface area (Å²) in [6.45, 7) is 1.90. The van der Waals surface area contributed by atoms with Gasteiger partial charge in [0.1, 0.15) is 5.82 Å². The largest absolute Gasteiger partial charge is 0.275 e. The summed E-state index contributed by atoms with van der Waals surface area (Å²) in [7, 11) is -3.74. The molecule has 0 spiro atoms. The lowest BCUT2D eigenvalue weighted by Crippen LogP contribution is -2.29. The summed E-state index contributed by atoms with van der Waals surface area (Å²) in [5, 5.41) is 0. The van der Waals surface area contributed by atoms with Crippen LogP contribution in [0.2, 0.25) is 4.47 Å². The highest BCUT2D eigenvalue weighted by molar-refractivity contribution is 7.94. The number of nitrogens with zero attached hydrogens (tertiary/aromatic N) is 2. The Bertz CT molecular complexity index is 789. The summed E-state index contributed by atoms with van der Waals surface area (Å²) in [4.78, 5) is 3.93. The first-order chi connectivity index (χ1) is 9.39. The number of fused-ring (bicyclic) bond motifs is 1. The maximum Gasteiger partial charge on any atom is 0.275 e. The molecule has 0 amide bonds. The Kier molecular flexibility index (Phi) is 3.23. The van der Waals surface area contributed by atoms with Crippen molar-refractivity contribution in [2.45, 2.75) is 17.6 Å². The van der Waals surface area contributed by atoms with E-state index in [-0.39, 0.29) is 8.68 Å². The molecule has 0 atom stereocenters. The average molecular weight is 333 g/mol. The van der Waals surface area contributed by atoms with Crippen LogP contribution in [-0.2, 0) is 16.4 Å². The molecule has 0 unspecified atom stereocenters. The minimum absolute atomic E-state index is 0.111. The molecular formula is C12H10ClFN2O2S2. The number of aryl methyl sites for hydroxylation is 1. The van der Waals surface area contributed by atoms with Crippen molar-refractivity contribution in [3.8, 4) is 0 Å². The van der Waals surface area contributed by atoms with Crippen LogP contribution in [0.5, 0.6) is 0 Å². The zero-order valence-corrected chi connectivity index (χ0v) is 12.8. The molecule has 4 nitrogen and oxygen atoms in total. The van der Waals surface area contributed by atoms with E-state index in [0.717, 1.165) is 16.9 Å². The van der Waals surface area contributed by atoms with Crippen LogP contribution in [0.4, 0.5) is 10.1 Å². The van der Waals surface area contributed by atoms with Gasteiger partial charge in [0.15, 0.2) is 8.68 Å². The van der Waals surface area contributed by atoms with Crippen molar-refractivity contribution in [2.75, 3.05) is 10.8 Å². The van der Waals surface area contributed by atoms with Gasteiger partial charge in [0, 0.05) is 6.54 Å². The monoisotopic (exact) mass is 332 g/mol. The summed E-state index contributed by atoms with van der Waals surface area (Å²) in [6.07, 6.45) is 0.570. The number of rotatable bonds is 2. The van der Waals surface area contributed by atoms with Gasteiger partial charge < -0.3 is 0 Å². The molecule has 2 heterocycles. The summed E-state index contributed by atoms with van der Waals surface area (Å²) in [6, 6.07) is 4.20. The van der Waals surface area contributed by atoms with E-state index in [9.17, 15) is 12.8 Å². The van der Waals surface area contributed by atoms with Crippen LogP contribution < -0.4 is 4.31 Å². The second-order valence-electron chi connectivity index (χ2n) is 4.44. The molecule has 106 valence electrons. The van der Waals surface area contributed by atoms with E-state index < -0.39 is 15.8 Å². The Morgan fingerprint density at radius 3 is 2.85 bits per heavy atom. The molecule has 20 heavy (non-hydrogen) atoms. The van der Waals surface area contributed by atoms with Crippen molar-refractivity contribution in [3.05, 3.63) is 39.7 Å². The van der Waals surface area contributed by atoms with Gasteiger partial charge in [-0.15, -0.1) is 0 Å². The maximum atomic E-state index is 13.4. The average Bonchev–Trinajstić information content (AvgIpc) is 2.92. The Morgan fingerprint density at radius 2 is 2.20 bits per heavy atom. The minimum Gasteiger partial charge on any atom is -0.265 e. The molecular weight excluding hydrogens is 323 g/mol. The molecule has 1 aliphatic rings. The number of hydrogen-bond acceptors (Lipinski definition) is 4. The van der Waals surface area contributed by atoms with Gasteiger partial charge in [0.2, 0.25) is 0 Å². The van der Waals surface area contributed by atoms with Crippen LogP contribution in [0.15, 0.2) is 22.4 Å². The molecule has 1 aromatic heterocycles. The third-order valence-electron chi connectivity index (χ3n) is 3.15. The molecule has 1 aromatic carbocycles. The predicted octanol–water partition coefficient (Wildman–Crippen LogP) is 3.00. The van der Waals surface area contributed by atoms with Gasteiger partial charge in [-0.3, -0.25) is 4.31 Å². The molecule has 0 radical (unpaired) electrons. The van der Waals surface area contributed by atoms with Gasteiger partial charge >= 0.3 is 0 Å². The number of aromatic nitrogens is 1. The van der Waals surface area contributed by atoms with Crippen LogP contribution >= 0.6 is 22.9 Å². The van der Waals surface area contributed by atoms with Gasteiger partial charge in [-0.2, -0.15) is 0 Å². The van der Waals surface area contributed by atoms with Gasteiger partial charge in [-0.05, 0) is 31.0 Å². The summed E-state index contributed by atoms with van der Waals surface area (Å²) in [5.74, 6) is -0.454. The predicted molar refractivity (Wildman–Crippen MR) is 76.5 cm³/mol. The van der Waals surface area contributed by atoms with Gasteiger partial charge in [0.05, 0.1) is 11.4 Å². The zero-order valence-electron chi connectivity index (χ0n) is 10.4. The van der Waals surface area contributed by atoms with Crippen LogP contribution in [-0.4, -0.2) is 19.9 Å². The quantitative estimate of drug-likeness (QED) is 0.849. The highest BCUT2D eigenvalue weighted by Crippen LogP contribution is 2.36. The van der Waals surface area contributed by atoms with Gasteiger partial charge in [-0.25, -0.2) is 17.8 Å². The van der Waals surface area contributed by atoms with Crippen molar-refractivity contribution in [1.29, 1.82) is 0 Å². The number of benzene rings is 1. The fourth-order valence-electron chi connectivity index (χ4n) is 2.26. The highest BCUT2D eigenvalue weighted by atomic mass is 35.5. The first-order valence-corrected chi connectivity index (χ1v) is 8.47. The van der Waals surface area contributed by atoms with Crippen molar-refractivity contribution in [1.82, 2.24) is 4.98 Å². The lowest BCUT2D eigenvalue weighted by Gasteiger charge is -2.18. The van der Waals surface area contributed by atoms with E-state index in [1.807, 2.05) is 0 Å². The normalized spacial score (nSPS) is 14.7. The molecule has 0 bridgehead atoms. The number of thiazole rings is 1. The highest BCUT2D eigenvalue weighted by Gasteiger charge is 2.34. The Balaban J connectivity index is 2.11. The standard InChI is InChI=1S/C12H10ClFN2O2S2/c1-7-11(19-12(13)15-7)20(17,18)16-5-4-8-2-3-9(14)6-10(8)16/h2-3,6H,4-5H2,1H3. The second-order valence-corrected chi connectivity index (χ2v) is 8.08. The van der Waals surface area contributed by atoms with Gasteiger partial charge in [-0.1, -0.05) is 29.0 Å². The third-order valence-corrected chi connectivity index (χ3v) is 6.81. The number of halogens is 2. The molecule has 0 aliphatic carbocycles. The van der Waals surface area contributed by atoms with Crippen molar-refractivity contribution >= 4 is 38.6 Å². The van der Waals surface area contributed by atoms with Crippen molar-refractivity contribution in [2.24, 2.45) is 0 Å². The first-order valence-electron chi connectivity index (χ1n) is 5.83. The van der Waals surface area contributed by atoms with Crippen LogP contribution in [0.25, 0.3) is 0 Å². The molecule has 0 N–H and O–H groups in total. The number of hydrogen-bond donors (Lipinski definition) is 0. The molecule has 0 fully saturated rings. The Labute approximate surface area is 124 Å². The summed E-state index contributed by atoms with van der Waals surface area (Å²) < 4.78 is 40.2. The Hall–Kier alpha value is -1.18. The molecule has 2 aromatic rings. The van der Waals surface area contributed by atoms with E-state index in [4.69, 9.17) is 11.6 Å². The summed E-state index contributed by atoms with van der Waals surface area (Å²) in [5.41, 5.74) is 1.59. The van der Waals surface area contributed by atoms with E-state index in [0.29, 0.717) is 24.3 Å². The lowest BCUT2D eigenvalue weighted by atomic mass is 10.2. The van der Waals surface area contributed by atoms with Gasteiger partial charge in [0.25, 0.3) is 10.0 Å². The summed E-state index contributed by atoms with van der Waals surface area (Å²) >= 11 is 6.69. The van der Waals surface area contributed by atoms with E-state index in [2.05, 4.69) is 4.98 Å². The van der Waals surface area contributed by atoms with Crippen molar-refractivity contribution < 1.29 is 12.8 Å². The van der Waals surface area contributed by atoms with E-state index in [1.165, 1.54) is 16.4 Å². The number of anilines is 1. The van der Waals surface area contributed by atoms with Crippen LogP contribution in [0.3, 0.4) is 0 Å². The zero-order chi connectivity index (χ0) is 14.5. The van der Waals surface area contributed by atoms with Crippen LogP contribution in [0.1, 0.15) is 11.3 Å². The van der Waals surface area contributed by atoms with E-state index >= 15 is 0 Å². The molecule has 0 saturated carbocycles. The number of sulfonamides is 1. The Morgan fingerprint density at radius 1 is 1.45 bits per heavy atom. The second kappa shape index (κ2) is 4.68. The van der Waals surface area contributed by atoms with Crippen molar-refractivity contribution in [3.63, 3.8) is 0 Å². The van der Waals surface area contributed by atoms with Crippen LogP contribution in [0, 0.1) is 12.7 Å². The topological polar surface area (TPSA) is 50.3 Å². The fourth-order valence-corrected chi connectivity index (χ4v) is 5.59. The third kappa shape index (κ3) is 2.10. The minimum atomic E-state index is -3.74. The molecule has 3 rings (SSSR count). The van der Waals surface area contributed by atoms with E-state index in [1.54, 1.807) is 13.0 Å².